The highest BCUT2D eigenvalue weighted by Gasteiger charge is 2.24. The van der Waals surface area contributed by atoms with E-state index in [4.69, 9.17) is 49.8 Å². The Morgan fingerprint density at radius 2 is 0.781 bits per heavy atom. The summed E-state index contributed by atoms with van der Waals surface area (Å²) in [4.78, 5) is 54.4. The molecule has 0 fully saturated rings. The second kappa shape index (κ2) is 24.8. The standard InChI is InChI=1S/C45H39N5.C40H28N6/c1-44(2,3)35-26-37(47-42-34(35)22-20-30-21-23-39(45(4,5)6)50-41(30)42)38-27-36(28-13-8-7-9-14-28)48-43(49-38)32-17-10-16-31(25-32)33-19-11-15-29-18-12-24-46-40(29)33;1-25-23-35(43-37-34(25)18-17-28-12-11-26(2)42-36(28)37)33-10-6-9-32(24-33)27-13-15-30(16-14-27)39-44-38(29-7-4-3-5-8-29)45-40(46-39)31-19-21-41-22-20-31/h7-27H,1-6H3;3-24H,1-2H3. The molecule has 96 heavy (non-hydrogen) atoms. The van der Waals surface area contributed by atoms with Gasteiger partial charge in [-0.1, -0.05) is 224 Å². The summed E-state index contributed by atoms with van der Waals surface area (Å²) >= 11 is 0. The molecule has 0 unspecified atom stereocenters. The van der Waals surface area contributed by atoms with Crippen LogP contribution in [0.4, 0.5) is 0 Å². The number of nitrogens with zero attached hydrogens (tertiary/aromatic N) is 11. The van der Waals surface area contributed by atoms with E-state index in [2.05, 4.69) is 223 Å². The number of para-hydroxylation sites is 1. The molecule has 0 radical (unpaired) electrons. The molecule has 11 nitrogen and oxygen atoms in total. The topological polar surface area (TPSA) is 142 Å². The second-order valence-electron chi connectivity index (χ2n) is 26.5. The van der Waals surface area contributed by atoms with Crippen LogP contribution in [0, 0.1) is 13.8 Å². The number of pyridine rings is 6. The lowest BCUT2D eigenvalue weighted by Gasteiger charge is -2.23. The van der Waals surface area contributed by atoms with Crippen LogP contribution >= 0.6 is 0 Å². The summed E-state index contributed by atoms with van der Waals surface area (Å²) in [6.07, 6.45) is 5.34. The molecule has 11 heteroatoms. The van der Waals surface area contributed by atoms with Gasteiger partial charge in [-0.05, 0) is 108 Å². The molecule has 16 rings (SSSR count). The van der Waals surface area contributed by atoms with E-state index in [1.54, 1.807) is 12.4 Å². The summed E-state index contributed by atoms with van der Waals surface area (Å²) in [5, 5.41) is 5.51. The van der Waals surface area contributed by atoms with Crippen molar-refractivity contribution >= 4 is 54.5 Å². The van der Waals surface area contributed by atoms with E-state index in [0.29, 0.717) is 23.3 Å². The monoisotopic (exact) mass is 1240 g/mol. The maximum Gasteiger partial charge on any atom is 0.164 e. The Kier molecular flexibility index (Phi) is 15.6. The van der Waals surface area contributed by atoms with Crippen molar-refractivity contribution in [1.82, 2.24) is 54.8 Å². The molecule has 8 aromatic heterocycles. The van der Waals surface area contributed by atoms with Gasteiger partial charge >= 0.3 is 0 Å². The van der Waals surface area contributed by atoms with Crippen molar-refractivity contribution in [2.24, 2.45) is 0 Å². The SMILES string of the molecule is CC(C)(C)c1ccc2ccc3c(C(C)(C)C)cc(-c4cc(-c5ccccc5)nc(-c5cccc(-c6cccc7cccnc67)c5)n4)nc3c2n1.Cc1ccc2ccc3c(C)cc(-c4cccc(-c5ccc(-c6nc(-c7ccccc7)nc(-c7ccncc7)n6)cc5)c4)nc3c2n1. The van der Waals surface area contributed by atoms with Gasteiger partial charge in [0.2, 0.25) is 0 Å². The predicted octanol–water partition coefficient (Wildman–Crippen LogP) is 20.7. The molecule has 0 N–H and O–H groups in total. The molecule has 8 aromatic carbocycles. The Balaban J connectivity index is 0.000000158. The molecule has 0 aliphatic heterocycles. The van der Waals surface area contributed by atoms with E-state index in [1.807, 2.05) is 85.9 Å². The average Bonchev–Trinajstić information content (AvgIpc) is 0.752. The van der Waals surface area contributed by atoms with E-state index >= 15 is 0 Å². The fraction of sp³-hybridized carbons (Fsp3) is 0.118. The third-order valence-corrected chi connectivity index (χ3v) is 17.6. The Morgan fingerprint density at radius 1 is 0.271 bits per heavy atom. The summed E-state index contributed by atoms with van der Waals surface area (Å²) in [7, 11) is 0. The van der Waals surface area contributed by atoms with Crippen LogP contribution in [-0.4, -0.2) is 54.8 Å². The van der Waals surface area contributed by atoms with E-state index in [-0.39, 0.29) is 10.8 Å². The molecule has 8 heterocycles. The summed E-state index contributed by atoms with van der Waals surface area (Å²) in [6, 6.07) is 83.4. The number of rotatable bonds is 9. The molecular formula is C85H67N11. The van der Waals surface area contributed by atoms with Gasteiger partial charge in [0, 0.05) is 101 Å². The zero-order valence-corrected chi connectivity index (χ0v) is 54.7. The molecule has 0 aliphatic rings. The van der Waals surface area contributed by atoms with Crippen molar-refractivity contribution in [3.63, 3.8) is 0 Å². The largest absolute Gasteiger partial charge is 0.265 e. The highest BCUT2D eigenvalue weighted by atomic mass is 15.0. The molecule has 0 amide bonds. The van der Waals surface area contributed by atoms with Gasteiger partial charge in [-0.15, -0.1) is 0 Å². The van der Waals surface area contributed by atoms with Crippen molar-refractivity contribution in [3.05, 3.63) is 284 Å². The molecular weight excluding hydrogens is 1180 g/mol. The lowest BCUT2D eigenvalue weighted by molar-refractivity contribution is 0.571. The summed E-state index contributed by atoms with van der Waals surface area (Å²) in [6.45, 7) is 17.5. The lowest BCUT2D eigenvalue weighted by Crippen LogP contribution is -2.14. The van der Waals surface area contributed by atoms with Crippen molar-refractivity contribution < 1.29 is 0 Å². The van der Waals surface area contributed by atoms with E-state index in [1.165, 1.54) is 11.1 Å². The number of aryl methyl sites for hydroxylation is 2. The number of fused-ring (bicyclic) bond motifs is 7. The molecule has 0 aliphatic carbocycles. The third kappa shape index (κ3) is 12.1. The van der Waals surface area contributed by atoms with Gasteiger partial charge in [0.05, 0.1) is 50.4 Å². The van der Waals surface area contributed by atoms with Crippen LogP contribution in [0.15, 0.2) is 261 Å². The Hall–Kier alpha value is -12.0. The fourth-order valence-corrected chi connectivity index (χ4v) is 12.5. The molecule has 0 spiro atoms. The first-order valence-electron chi connectivity index (χ1n) is 32.4. The second-order valence-corrected chi connectivity index (χ2v) is 26.5. The van der Waals surface area contributed by atoms with Gasteiger partial charge in [0.1, 0.15) is 0 Å². The van der Waals surface area contributed by atoms with Crippen molar-refractivity contribution in [2.45, 2.75) is 66.2 Å². The summed E-state index contributed by atoms with van der Waals surface area (Å²) < 4.78 is 0. The van der Waals surface area contributed by atoms with Gasteiger partial charge < -0.3 is 0 Å². The first-order valence-corrected chi connectivity index (χ1v) is 32.4. The number of benzene rings is 8. The third-order valence-electron chi connectivity index (χ3n) is 17.6. The van der Waals surface area contributed by atoms with E-state index < -0.39 is 0 Å². The Labute approximate surface area is 557 Å². The summed E-state index contributed by atoms with van der Waals surface area (Å²) in [5.41, 5.74) is 22.2. The lowest BCUT2D eigenvalue weighted by atomic mass is 9.83. The van der Waals surface area contributed by atoms with Crippen LogP contribution in [0.2, 0.25) is 0 Å². The zero-order valence-electron chi connectivity index (χ0n) is 54.7. The molecule has 0 bridgehead atoms. The van der Waals surface area contributed by atoms with Crippen LogP contribution in [0.5, 0.6) is 0 Å². The number of hydrogen-bond acceptors (Lipinski definition) is 11. The highest BCUT2D eigenvalue weighted by Crippen LogP contribution is 2.39. The Morgan fingerprint density at radius 3 is 1.50 bits per heavy atom. The number of aromatic nitrogens is 11. The zero-order chi connectivity index (χ0) is 65.7. The van der Waals surface area contributed by atoms with Crippen LogP contribution in [0.1, 0.15) is 64.1 Å². The van der Waals surface area contributed by atoms with Gasteiger partial charge in [-0.3, -0.25) is 15.0 Å². The minimum Gasteiger partial charge on any atom is -0.265 e. The summed E-state index contributed by atoms with van der Waals surface area (Å²) in [5.74, 6) is 2.50. The van der Waals surface area contributed by atoms with Crippen LogP contribution in [-0.2, 0) is 10.8 Å². The fourth-order valence-electron chi connectivity index (χ4n) is 12.5. The average molecular weight is 1240 g/mol. The minimum absolute atomic E-state index is 0.0937. The van der Waals surface area contributed by atoms with Gasteiger partial charge in [0.25, 0.3) is 0 Å². The maximum atomic E-state index is 5.38. The maximum absolute atomic E-state index is 5.38. The van der Waals surface area contributed by atoms with Gasteiger partial charge in [-0.2, -0.15) is 0 Å². The van der Waals surface area contributed by atoms with Crippen LogP contribution in [0.25, 0.3) is 156 Å². The molecule has 0 saturated heterocycles. The molecule has 0 atom stereocenters. The van der Waals surface area contributed by atoms with E-state index in [9.17, 15) is 0 Å². The van der Waals surface area contributed by atoms with Gasteiger partial charge in [0.15, 0.2) is 23.3 Å². The first kappa shape index (κ1) is 60.3. The predicted molar refractivity (Wildman–Crippen MR) is 392 cm³/mol. The van der Waals surface area contributed by atoms with E-state index in [0.717, 1.165) is 144 Å². The Bertz CT molecular complexity index is 5570. The normalized spacial score (nSPS) is 11.8. The van der Waals surface area contributed by atoms with Crippen LogP contribution < -0.4 is 0 Å². The molecule has 462 valence electrons. The van der Waals surface area contributed by atoms with Gasteiger partial charge in [-0.25, -0.2) is 39.9 Å². The van der Waals surface area contributed by atoms with Crippen molar-refractivity contribution in [3.8, 4) is 102 Å². The smallest absolute Gasteiger partial charge is 0.164 e. The first-order chi connectivity index (χ1) is 46.6. The van der Waals surface area contributed by atoms with Crippen LogP contribution in [0.3, 0.4) is 0 Å². The number of hydrogen-bond donors (Lipinski definition) is 0. The quantitative estimate of drug-likeness (QED) is 0.127. The van der Waals surface area contributed by atoms with Crippen molar-refractivity contribution in [2.75, 3.05) is 0 Å². The minimum atomic E-state index is -0.149. The molecule has 0 saturated carbocycles. The van der Waals surface area contributed by atoms with Crippen molar-refractivity contribution in [1.29, 1.82) is 0 Å². The highest BCUT2D eigenvalue weighted by molar-refractivity contribution is 6.06. The molecule has 16 aromatic rings.